The molecule has 0 aliphatic heterocycles. The first-order valence-electron chi connectivity index (χ1n) is 8.81. The first kappa shape index (κ1) is 19.9. The van der Waals surface area contributed by atoms with Gasteiger partial charge in [-0.1, -0.05) is 29.8 Å². The first-order chi connectivity index (χ1) is 14.0. The second kappa shape index (κ2) is 8.92. The second-order valence-corrected chi connectivity index (χ2v) is 6.19. The Balaban J connectivity index is 1.71. The summed E-state index contributed by atoms with van der Waals surface area (Å²) >= 11 is 0. The summed E-state index contributed by atoms with van der Waals surface area (Å²) in [5, 5.41) is 10.9. The normalized spacial score (nSPS) is 10.8. The molecule has 0 fully saturated rings. The van der Waals surface area contributed by atoms with Gasteiger partial charge in [0.25, 0.3) is 5.91 Å². The van der Waals surface area contributed by atoms with E-state index >= 15 is 0 Å². The van der Waals surface area contributed by atoms with E-state index in [2.05, 4.69) is 20.7 Å². The van der Waals surface area contributed by atoms with Crippen molar-refractivity contribution in [1.29, 1.82) is 0 Å². The SMILES string of the molecule is COc1cc(C=NNC(=O)c2cc(-c3ccc(C)cc3)n[nH]2)cc(OC)c1OC. The van der Waals surface area contributed by atoms with Crippen LogP contribution in [0.3, 0.4) is 0 Å². The minimum absolute atomic E-state index is 0.308. The summed E-state index contributed by atoms with van der Waals surface area (Å²) in [7, 11) is 4.59. The van der Waals surface area contributed by atoms with Gasteiger partial charge in [0.2, 0.25) is 5.75 Å². The third-order valence-corrected chi connectivity index (χ3v) is 4.24. The highest BCUT2D eigenvalue weighted by atomic mass is 16.5. The summed E-state index contributed by atoms with van der Waals surface area (Å²) in [5.41, 5.74) is 6.21. The van der Waals surface area contributed by atoms with Gasteiger partial charge < -0.3 is 14.2 Å². The molecule has 0 saturated carbocycles. The van der Waals surface area contributed by atoms with Crippen LogP contribution in [0, 0.1) is 6.92 Å². The summed E-state index contributed by atoms with van der Waals surface area (Å²) in [6.07, 6.45) is 1.49. The van der Waals surface area contributed by atoms with E-state index in [4.69, 9.17) is 14.2 Å². The summed E-state index contributed by atoms with van der Waals surface area (Å²) in [6.45, 7) is 2.01. The standard InChI is InChI=1S/C21H22N4O4/c1-13-5-7-15(8-6-13)16-11-17(24-23-16)21(26)25-22-12-14-9-18(27-2)20(29-4)19(10-14)28-3/h5-12H,1-4H3,(H,23,24)(H,25,26). The first-order valence-corrected chi connectivity index (χ1v) is 8.81. The average molecular weight is 394 g/mol. The van der Waals surface area contributed by atoms with Crippen LogP contribution in [-0.2, 0) is 0 Å². The predicted molar refractivity (Wildman–Crippen MR) is 110 cm³/mol. The van der Waals surface area contributed by atoms with Crippen LogP contribution in [0.5, 0.6) is 17.2 Å². The smallest absolute Gasteiger partial charge is 0.289 e. The third-order valence-electron chi connectivity index (χ3n) is 4.24. The number of nitrogens with zero attached hydrogens (tertiary/aromatic N) is 2. The van der Waals surface area contributed by atoms with Gasteiger partial charge in [0.15, 0.2) is 11.5 Å². The monoisotopic (exact) mass is 394 g/mol. The van der Waals surface area contributed by atoms with Gasteiger partial charge in [-0.05, 0) is 25.1 Å². The van der Waals surface area contributed by atoms with Gasteiger partial charge in [-0.15, -0.1) is 0 Å². The van der Waals surface area contributed by atoms with Crippen molar-refractivity contribution >= 4 is 12.1 Å². The Hall–Kier alpha value is -3.81. The fraction of sp³-hybridized carbons (Fsp3) is 0.190. The minimum Gasteiger partial charge on any atom is -0.493 e. The van der Waals surface area contributed by atoms with E-state index in [1.165, 1.54) is 27.5 Å². The molecule has 0 radical (unpaired) electrons. The number of rotatable bonds is 7. The lowest BCUT2D eigenvalue weighted by atomic mass is 10.1. The quantitative estimate of drug-likeness (QED) is 0.474. The molecule has 1 heterocycles. The predicted octanol–water partition coefficient (Wildman–Crippen LogP) is 3.17. The van der Waals surface area contributed by atoms with E-state index in [0.717, 1.165) is 11.1 Å². The van der Waals surface area contributed by atoms with Crippen molar-refractivity contribution in [3.63, 3.8) is 0 Å². The molecule has 2 N–H and O–H groups in total. The zero-order valence-corrected chi connectivity index (χ0v) is 16.6. The largest absolute Gasteiger partial charge is 0.493 e. The molecule has 0 aliphatic rings. The fourth-order valence-electron chi connectivity index (χ4n) is 2.71. The number of benzene rings is 2. The van der Waals surface area contributed by atoms with Gasteiger partial charge in [0.05, 0.1) is 33.2 Å². The average Bonchev–Trinajstić information content (AvgIpc) is 3.23. The van der Waals surface area contributed by atoms with Gasteiger partial charge in [0, 0.05) is 11.1 Å². The van der Waals surface area contributed by atoms with Crippen LogP contribution in [0.1, 0.15) is 21.6 Å². The maximum atomic E-state index is 12.3. The number of aromatic nitrogens is 2. The Kier molecular flexibility index (Phi) is 6.13. The summed E-state index contributed by atoms with van der Waals surface area (Å²) in [5.74, 6) is 1.07. The van der Waals surface area contributed by atoms with Crippen LogP contribution in [0.15, 0.2) is 47.6 Å². The second-order valence-electron chi connectivity index (χ2n) is 6.19. The molecule has 8 heteroatoms. The van der Waals surface area contributed by atoms with Crippen molar-refractivity contribution in [2.24, 2.45) is 5.10 Å². The van der Waals surface area contributed by atoms with Gasteiger partial charge in [0.1, 0.15) is 5.69 Å². The molecular weight excluding hydrogens is 372 g/mol. The molecule has 0 spiro atoms. The molecule has 150 valence electrons. The van der Waals surface area contributed by atoms with Crippen molar-refractivity contribution in [2.75, 3.05) is 21.3 Å². The number of ether oxygens (including phenoxy) is 3. The molecule has 1 amide bonds. The Labute approximate surface area is 168 Å². The summed E-state index contributed by atoms with van der Waals surface area (Å²) in [6, 6.07) is 13.0. The highest BCUT2D eigenvalue weighted by Crippen LogP contribution is 2.37. The van der Waals surface area contributed by atoms with Gasteiger partial charge in [-0.2, -0.15) is 10.2 Å². The number of hydrogen-bond donors (Lipinski definition) is 2. The summed E-state index contributed by atoms with van der Waals surface area (Å²) < 4.78 is 15.9. The van der Waals surface area contributed by atoms with E-state index in [0.29, 0.717) is 34.2 Å². The zero-order valence-electron chi connectivity index (χ0n) is 16.6. The van der Waals surface area contributed by atoms with E-state index in [1.807, 2.05) is 31.2 Å². The lowest BCUT2D eigenvalue weighted by Crippen LogP contribution is -2.18. The molecule has 0 saturated heterocycles. The van der Waals surface area contributed by atoms with Crippen LogP contribution in [-0.4, -0.2) is 43.6 Å². The third kappa shape index (κ3) is 4.55. The number of carbonyl (C=O) groups is 1. The number of hydrazone groups is 1. The molecule has 0 aliphatic carbocycles. The van der Waals surface area contributed by atoms with E-state index in [-0.39, 0.29) is 0 Å². The number of aryl methyl sites for hydroxylation is 1. The van der Waals surface area contributed by atoms with Crippen LogP contribution < -0.4 is 19.6 Å². The van der Waals surface area contributed by atoms with Gasteiger partial charge in [-0.3, -0.25) is 9.89 Å². The fourth-order valence-corrected chi connectivity index (χ4v) is 2.71. The molecular formula is C21H22N4O4. The molecule has 0 bridgehead atoms. The van der Waals surface area contributed by atoms with Crippen molar-refractivity contribution in [1.82, 2.24) is 15.6 Å². The van der Waals surface area contributed by atoms with Crippen molar-refractivity contribution < 1.29 is 19.0 Å². The Morgan fingerprint density at radius 3 is 2.28 bits per heavy atom. The van der Waals surface area contributed by atoms with Gasteiger partial charge >= 0.3 is 0 Å². The molecule has 0 atom stereocenters. The molecule has 1 aromatic heterocycles. The van der Waals surface area contributed by atoms with Crippen molar-refractivity contribution in [3.8, 4) is 28.5 Å². The van der Waals surface area contributed by atoms with Crippen molar-refractivity contribution in [3.05, 3.63) is 59.3 Å². The Bertz CT molecular complexity index is 1000. The highest BCUT2D eigenvalue weighted by molar-refractivity contribution is 5.94. The number of nitrogens with one attached hydrogen (secondary N) is 2. The lowest BCUT2D eigenvalue weighted by molar-refractivity contribution is 0.0950. The highest BCUT2D eigenvalue weighted by Gasteiger charge is 2.13. The number of methoxy groups -OCH3 is 3. The Morgan fingerprint density at radius 2 is 1.69 bits per heavy atom. The number of amides is 1. The molecule has 3 rings (SSSR count). The van der Waals surface area contributed by atoms with Crippen LogP contribution in [0.2, 0.25) is 0 Å². The van der Waals surface area contributed by atoms with E-state index < -0.39 is 5.91 Å². The van der Waals surface area contributed by atoms with E-state index in [9.17, 15) is 4.79 Å². The van der Waals surface area contributed by atoms with E-state index in [1.54, 1.807) is 18.2 Å². The van der Waals surface area contributed by atoms with Crippen LogP contribution >= 0.6 is 0 Å². The number of aromatic amines is 1. The zero-order chi connectivity index (χ0) is 20.8. The van der Waals surface area contributed by atoms with Crippen molar-refractivity contribution in [2.45, 2.75) is 6.92 Å². The molecule has 2 aromatic carbocycles. The number of hydrogen-bond acceptors (Lipinski definition) is 6. The minimum atomic E-state index is -0.403. The van der Waals surface area contributed by atoms with Crippen LogP contribution in [0.25, 0.3) is 11.3 Å². The molecule has 29 heavy (non-hydrogen) atoms. The molecule has 8 nitrogen and oxygen atoms in total. The number of H-pyrrole nitrogens is 1. The topological polar surface area (TPSA) is 97.8 Å². The Morgan fingerprint density at radius 1 is 1.03 bits per heavy atom. The lowest BCUT2D eigenvalue weighted by Gasteiger charge is -2.12. The van der Waals surface area contributed by atoms with Gasteiger partial charge in [-0.25, -0.2) is 5.43 Å². The summed E-state index contributed by atoms with van der Waals surface area (Å²) in [4.78, 5) is 12.3. The maximum absolute atomic E-state index is 12.3. The molecule has 3 aromatic rings. The van der Waals surface area contributed by atoms with Crippen LogP contribution in [0.4, 0.5) is 0 Å². The number of carbonyl (C=O) groups excluding carboxylic acids is 1. The maximum Gasteiger partial charge on any atom is 0.289 e. The molecule has 0 unspecified atom stereocenters.